The number of furan rings is 1. The summed E-state index contributed by atoms with van der Waals surface area (Å²) in [5, 5.41) is 4.28. The number of carbonyl (C=O) groups excluding carboxylic acids is 1. The smallest absolute Gasteiger partial charge is 0.263 e. The average Bonchev–Trinajstić information content (AvgIpc) is 3.35. The average molecular weight is 446 g/mol. The van der Waals surface area contributed by atoms with Crippen LogP contribution >= 0.6 is 23.1 Å². The highest BCUT2D eigenvalue weighted by molar-refractivity contribution is 7.99. The van der Waals surface area contributed by atoms with E-state index >= 15 is 0 Å². The molecule has 1 aliphatic rings. The Labute approximate surface area is 184 Å². The van der Waals surface area contributed by atoms with Gasteiger partial charge in [-0.25, -0.2) is 4.98 Å². The van der Waals surface area contributed by atoms with Crippen molar-refractivity contribution in [3.05, 3.63) is 45.0 Å². The lowest BCUT2D eigenvalue weighted by atomic mass is 9.97. The molecule has 160 valence electrons. The van der Waals surface area contributed by atoms with E-state index < -0.39 is 0 Å². The molecular weight excluding hydrogens is 418 g/mol. The molecule has 0 saturated heterocycles. The Morgan fingerprint density at radius 2 is 2.20 bits per heavy atom. The van der Waals surface area contributed by atoms with Crippen LogP contribution in [0.4, 0.5) is 0 Å². The quantitative estimate of drug-likeness (QED) is 0.415. The highest BCUT2D eigenvalue weighted by Gasteiger charge is 2.23. The van der Waals surface area contributed by atoms with E-state index in [4.69, 9.17) is 9.40 Å². The molecule has 4 rings (SSSR count). The normalized spacial score (nSPS) is 13.7. The lowest BCUT2D eigenvalue weighted by Crippen LogP contribution is -2.28. The van der Waals surface area contributed by atoms with Crippen molar-refractivity contribution >= 4 is 39.2 Å². The minimum absolute atomic E-state index is 0.0292. The van der Waals surface area contributed by atoms with Gasteiger partial charge in [0, 0.05) is 11.4 Å². The number of hydrogen-bond donors (Lipinski definition) is 1. The van der Waals surface area contributed by atoms with Gasteiger partial charge in [0.25, 0.3) is 5.56 Å². The van der Waals surface area contributed by atoms with Gasteiger partial charge in [0.15, 0.2) is 5.16 Å². The molecule has 0 bridgehead atoms. The standard InChI is InChI=1S/C22H27N3O3S2/c1-14(2)9-10-23-18(26)13-29-22-24-20-19(16-7-3-4-8-17(16)30-20)21(27)25(22)12-15-6-5-11-28-15/h5-6,11,14H,3-4,7-10,12-13H2,1-2H3,(H,23,26). The van der Waals surface area contributed by atoms with Crippen LogP contribution in [-0.2, 0) is 24.2 Å². The van der Waals surface area contributed by atoms with Gasteiger partial charge < -0.3 is 9.73 Å². The Morgan fingerprint density at radius 1 is 1.37 bits per heavy atom. The monoisotopic (exact) mass is 445 g/mol. The van der Waals surface area contributed by atoms with Gasteiger partial charge in [-0.3, -0.25) is 14.2 Å². The topological polar surface area (TPSA) is 77.1 Å². The summed E-state index contributed by atoms with van der Waals surface area (Å²) in [5.74, 6) is 1.44. The fourth-order valence-corrected chi connectivity index (χ4v) is 5.84. The lowest BCUT2D eigenvalue weighted by molar-refractivity contribution is -0.118. The molecule has 3 aromatic rings. The first kappa shape index (κ1) is 21.2. The fraction of sp³-hybridized carbons (Fsp3) is 0.500. The predicted molar refractivity (Wildman–Crippen MR) is 122 cm³/mol. The second kappa shape index (κ2) is 9.39. The number of hydrogen-bond acceptors (Lipinski definition) is 6. The number of thiophene rings is 1. The molecule has 0 fully saturated rings. The second-order valence-corrected chi connectivity index (χ2v) is 10.1. The van der Waals surface area contributed by atoms with E-state index in [1.54, 1.807) is 22.2 Å². The van der Waals surface area contributed by atoms with E-state index in [1.807, 2.05) is 12.1 Å². The first-order chi connectivity index (χ1) is 14.5. The third kappa shape index (κ3) is 4.64. The van der Waals surface area contributed by atoms with Crippen molar-refractivity contribution in [2.24, 2.45) is 5.92 Å². The molecule has 0 spiro atoms. The Bertz CT molecular complexity index is 1080. The van der Waals surface area contributed by atoms with Crippen LogP contribution in [0.5, 0.6) is 0 Å². The molecule has 0 atom stereocenters. The maximum Gasteiger partial charge on any atom is 0.263 e. The van der Waals surface area contributed by atoms with Crippen LogP contribution < -0.4 is 10.9 Å². The molecule has 0 radical (unpaired) electrons. The van der Waals surface area contributed by atoms with Crippen LogP contribution in [0.2, 0.25) is 0 Å². The summed E-state index contributed by atoms with van der Waals surface area (Å²) in [6.07, 6.45) is 6.80. The summed E-state index contributed by atoms with van der Waals surface area (Å²) in [7, 11) is 0. The number of aromatic nitrogens is 2. The van der Waals surface area contributed by atoms with Crippen molar-refractivity contribution in [2.45, 2.75) is 57.7 Å². The largest absolute Gasteiger partial charge is 0.467 e. The summed E-state index contributed by atoms with van der Waals surface area (Å²) in [5.41, 5.74) is 1.15. The SMILES string of the molecule is CC(C)CCNC(=O)CSc1nc2sc3c(c2c(=O)n1Cc1ccco1)CCCC3. The van der Waals surface area contributed by atoms with Gasteiger partial charge >= 0.3 is 0 Å². The van der Waals surface area contributed by atoms with Gasteiger partial charge in [-0.1, -0.05) is 25.6 Å². The zero-order chi connectivity index (χ0) is 21.1. The number of carbonyl (C=O) groups is 1. The summed E-state index contributed by atoms with van der Waals surface area (Å²) in [4.78, 5) is 32.7. The van der Waals surface area contributed by atoms with Gasteiger partial charge in [0.2, 0.25) is 5.91 Å². The van der Waals surface area contributed by atoms with Crippen LogP contribution in [-0.4, -0.2) is 27.8 Å². The van der Waals surface area contributed by atoms with Crippen molar-refractivity contribution < 1.29 is 9.21 Å². The fourth-order valence-electron chi connectivity index (χ4n) is 3.71. The van der Waals surface area contributed by atoms with Crippen molar-refractivity contribution in [2.75, 3.05) is 12.3 Å². The molecule has 1 aliphatic carbocycles. The number of rotatable bonds is 8. The molecule has 6 nitrogen and oxygen atoms in total. The van der Waals surface area contributed by atoms with Crippen molar-refractivity contribution in [3.8, 4) is 0 Å². The molecule has 3 aromatic heterocycles. The molecule has 0 aromatic carbocycles. The van der Waals surface area contributed by atoms with Crippen LogP contribution in [0, 0.1) is 5.92 Å². The summed E-state index contributed by atoms with van der Waals surface area (Å²) in [6.45, 7) is 5.25. The number of nitrogens with zero attached hydrogens (tertiary/aromatic N) is 2. The van der Waals surface area contributed by atoms with E-state index in [2.05, 4.69) is 19.2 Å². The second-order valence-electron chi connectivity index (χ2n) is 8.08. The highest BCUT2D eigenvalue weighted by atomic mass is 32.2. The van der Waals surface area contributed by atoms with Crippen molar-refractivity contribution in [3.63, 3.8) is 0 Å². The summed E-state index contributed by atoms with van der Waals surface area (Å²) < 4.78 is 7.14. The predicted octanol–water partition coefficient (Wildman–Crippen LogP) is 4.23. The molecule has 0 unspecified atom stereocenters. The molecule has 8 heteroatoms. The van der Waals surface area contributed by atoms with E-state index in [0.29, 0.717) is 29.9 Å². The van der Waals surface area contributed by atoms with Crippen LogP contribution in [0.1, 0.15) is 49.3 Å². The molecule has 0 aliphatic heterocycles. The van der Waals surface area contributed by atoms with Gasteiger partial charge in [-0.15, -0.1) is 11.3 Å². The number of aryl methyl sites for hydroxylation is 2. The van der Waals surface area contributed by atoms with Crippen molar-refractivity contribution in [1.29, 1.82) is 0 Å². The van der Waals surface area contributed by atoms with Gasteiger partial charge in [-0.2, -0.15) is 0 Å². The number of thioether (sulfide) groups is 1. The molecule has 0 saturated carbocycles. The number of fused-ring (bicyclic) bond motifs is 3. The van der Waals surface area contributed by atoms with Gasteiger partial charge in [-0.05, 0) is 55.7 Å². The maximum atomic E-state index is 13.5. The third-order valence-corrected chi connectivity index (χ3v) is 7.47. The first-order valence-corrected chi connectivity index (χ1v) is 12.3. The number of nitrogens with one attached hydrogen (secondary N) is 1. The minimum atomic E-state index is -0.0370. The Morgan fingerprint density at radius 3 is 2.97 bits per heavy atom. The minimum Gasteiger partial charge on any atom is -0.467 e. The van der Waals surface area contributed by atoms with Crippen LogP contribution in [0.15, 0.2) is 32.8 Å². The lowest BCUT2D eigenvalue weighted by Gasteiger charge is -2.13. The zero-order valence-corrected chi connectivity index (χ0v) is 19.0. The highest BCUT2D eigenvalue weighted by Crippen LogP contribution is 2.34. The molecule has 3 heterocycles. The van der Waals surface area contributed by atoms with E-state index in [1.165, 1.54) is 28.6 Å². The van der Waals surface area contributed by atoms with E-state index in [0.717, 1.165) is 35.9 Å². The summed E-state index contributed by atoms with van der Waals surface area (Å²) >= 11 is 2.95. The van der Waals surface area contributed by atoms with E-state index in [9.17, 15) is 9.59 Å². The zero-order valence-electron chi connectivity index (χ0n) is 17.4. The van der Waals surface area contributed by atoms with Gasteiger partial charge in [0.05, 0.1) is 23.9 Å². The molecule has 1 N–H and O–H groups in total. The van der Waals surface area contributed by atoms with Crippen LogP contribution in [0.25, 0.3) is 10.2 Å². The first-order valence-electron chi connectivity index (χ1n) is 10.5. The Balaban J connectivity index is 1.63. The van der Waals surface area contributed by atoms with Crippen molar-refractivity contribution in [1.82, 2.24) is 14.9 Å². The van der Waals surface area contributed by atoms with E-state index in [-0.39, 0.29) is 17.2 Å². The molecular formula is C22H27N3O3S2. The molecule has 30 heavy (non-hydrogen) atoms. The number of amides is 1. The Hall–Kier alpha value is -2.06. The third-order valence-electron chi connectivity index (χ3n) is 5.31. The summed E-state index contributed by atoms with van der Waals surface area (Å²) in [6, 6.07) is 3.67. The Kier molecular flexibility index (Phi) is 6.63. The maximum absolute atomic E-state index is 13.5. The van der Waals surface area contributed by atoms with Gasteiger partial charge in [0.1, 0.15) is 10.6 Å². The molecule has 1 amide bonds. The van der Waals surface area contributed by atoms with Crippen LogP contribution in [0.3, 0.4) is 0 Å².